The van der Waals surface area contributed by atoms with Crippen LogP contribution in [0.1, 0.15) is 42.6 Å². The second-order valence-corrected chi connectivity index (χ2v) is 4.56. The molecular formula is C14H20O2. The zero-order chi connectivity index (χ0) is 12.1. The topological polar surface area (TPSA) is 26.3 Å². The van der Waals surface area contributed by atoms with E-state index in [1.807, 2.05) is 25.1 Å². The second kappa shape index (κ2) is 5.69. The molecule has 2 nitrogen and oxygen atoms in total. The smallest absolute Gasteiger partial charge is 0.166 e. The van der Waals surface area contributed by atoms with E-state index < -0.39 is 0 Å². The van der Waals surface area contributed by atoms with Crippen molar-refractivity contribution in [3.8, 4) is 5.75 Å². The molecule has 0 heterocycles. The highest BCUT2D eigenvalue weighted by atomic mass is 16.5. The molecule has 0 N–H and O–H groups in total. The highest BCUT2D eigenvalue weighted by Crippen LogP contribution is 2.22. The van der Waals surface area contributed by atoms with Crippen LogP contribution in [0, 0.1) is 12.8 Å². The summed E-state index contributed by atoms with van der Waals surface area (Å²) in [6.07, 6.45) is 1.52. The van der Waals surface area contributed by atoms with Crippen LogP contribution < -0.4 is 4.74 Å². The van der Waals surface area contributed by atoms with E-state index in [0.717, 1.165) is 12.0 Å². The Bertz CT molecular complexity index is 367. The molecule has 1 rings (SSSR count). The summed E-state index contributed by atoms with van der Waals surface area (Å²) in [5, 5.41) is 0. The molecule has 16 heavy (non-hydrogen) atoms. The Morgan fingerprint density at radius 1 is 1.38 bits per heavy atom. The van der Waals surface area contributed by atoms with Gasteiger partial charge in [-0.2, -0.15) is 0 Å². The van der Waals surface area contributed by atoms with Crippen molar-refractivity contribution >= 4 is 5.78 Å². The van der Waals surface area contributed by atoms with Crippen LogP contribution >= 0.6 is 0 Å². The van der Waals surface area contributed by atoms with Crippen molar-refractivity contribution in [1.82, 2.24) is 0 Å². The molecule has 0 bridgehead atoms. The Kier molecular flexibility index (Phi) is 4.53. The van der Waals surface area contributed by atoms with Crippen LogP contribution in [0.15, 0.2) is 18.2 Å². The minimum atomic E-state index is 0.172. The van der Waals surface area contributed by atoms with Crippen LogP contribution in [0.25, 0.3) is 0 Å². The molecule has 0 fully saturated rings. The molecule has 2 heteroatoms. The summed E-state index contributed by atoms with van der Waals surface area (Å²) in [4.78, 5) is 12.0. The molecular weight excluding hydrogens is 200 g/mol. The molecule has 0 spiro atoms. The lowest BCUT2D eigenvalue weighted by Gasteiger charge is -2.09. The van der Waals surface area contributed by atoms with Gasteiger partial charge in [-0.05, 0) is 37.0 Å². The van der Waals surface area contributed by atoms with E-state index in [2.05, 4.69) is 13.8 Å². The normalized spacial score (nSPS) is 10.6. The number of methoxy groups -OCH3 is 1. The molecule has 0 aliphatic rings. The van der Waals surface area contributed by atoms with Crippen molar-refractivity contribution in [2.45, 2.75) is 33.6 Å². The Morgan fingerprint density at radius 2 is 2.06 bits per heavy atom. The van der Waals surface area contributed by atoms with Crippen molar-refractivity contribution < 1.29 is 9.53 Å². The summed E-state index contributed by atoms with van der Waals surface area (Å²) in [5.41, 5.74) is 1.81. The van der Waals surface area contributed by atoms with Crippen molar-refractivity contribution in [2.75, 3.05) is 7.11 Å². The summed E-state index contributed by atoms with van der Waals surface area (Å²) in [6.45, 7) is 6.24. The van der Waals surface area contributed by atoms with E-state index in [1.165, 1.54) is 0 Å². The fourth-order valence-electron chi connectivity index (χ4n) is 1.58. The number of aryl methyl sites for hydroxylation is 1. The van der Waals surface area contributed by atoms with E-state index >= 15 is 0 Å². The lowest BCUT2D eigenvalue weighted by molar-refractivity contribution is 0.0972. The molecule has 0 aliphatic heterocycles. The first-order valence-electron chi connectivity index (χ1n) is 5.72. The monoisotopic (exact) mass is 220 g/mol. The Balaban J connectivity index is 2.82. The molecule has 0 aromatic heterocycles. The first-order valence-corrected chi connectivity index (χ1v) is 5.72. The third kappa shape index (κ3) is 3.37. The minimum absolute atomic E-state index is 0.172. The first kappa shape index (κ1) is 12.8. The number of carbonyl (C=O) groups is 1. The average molecular weight is 220 g/mol. The number of hydrogen-bond acceptors (Lipinski definition) is 2. The minimum Gasteiger partial charge on any atom is -0.496 e. The van der Waals surface area contributed by atoms with Crippen LogP contribution in [0.2, 0.25) is 0 Å². The van der Waals surface area contributed by atoms with Gasteiger partial charge in [0.15, 0.2) is 5.78 Å². The van der Waals surface area contributed by atoms with Gasteiger partial charge >= 0.3 is 0 Å². The predicted octanol–water partition coefficient (Wildman–Crippen LogP) is 3.62. The lowest BCUT2D eigenvalue weighted by atomic mass is 10.00. The fraction of sp³-hybridized carbons (Fsp3) is 0.500. The molecule has 1 aromatic carbocycles. The van der Waals surface area contributed by atoms with Gasteiger partial charge in [0.1, 0.15) is 5.75 Å². The molecule has 0 radical (unpaired) electrons. The Labute approximate surface area is 97.6 Å². The number of rotatable bonds is 5. The van der Waals surface area contributed by atoms with E-state index in [0.29, 0.717) is 23.7 Å². The zero-order valence-electron chi connectivity index (χ0n) is 10.5. The Hall–Kier alpha value is -1.31. The van der Waals surface area contributed by atoms with Gasteiger partial charge < -0.3 is 4.74 Å². The number of Topliss-reactive ketones (excluding diaryl/α,β-unsaturated/α-hetero) is 1. The number of ketones is 1. The number of hydrogen-bond donors (Lipinski definition) is 0. The highest BCUT2D eigenvalue weighted by Gasteiger charge is 2.12. The van der Waals surface area contributed by atoms with Gasteiger partial charge in [-0.3, -0.25) is 4.79 Å². The first-order chi connectivity index (χ1) is 7.54. The molecule has 0 amide bonds. The SMILES string of the molecule is COc1cc(C)ccc1C(=O)CCC(C)C. The van der Waals surface area contributed by atoms with Crippen LogP contribution in [0.3, 0.4) is 0 Å². The van der Waals surface area contributed by atoms with Crippen LogP contribution in [-0.2, 0) is 0 Å². The highest BCUT2D eigenvalue weighted by molar-refractivity contribution is 5.98. The third-order valence-electron chi connectivity index (χ3n) is 2.61. The van der Waals surface area contributed by atoms with Crippen molar-refractivity contribution in [1.29, 1.82) is 0 Å². The van der Waals surface area contributed by atoms with Gasteiger partial charge in [0, 0.05) is 6.42 Å². The summed E-state index contributed by atoms with van der Waals surface area (Å²) < 4.78 is 5.23. The fourth-order valence-corrected chi connectivity index (χ4v) is 1.58. The van der Waals surface area contributed by atoms with Crippen molar-refractivity contribution in [3.05, 3.63) is 29.3 Å². The largest absolute Gasteiger partial charge is 0.496 e. The van der Waals surface area contributed by atoms with Crippen LogP contribution in [-0.4, -0.2) is 12.9 Å². The van der Waals surface area contributed by atoms with Gasteiger partial charge in [-0.25, -0.2) is 0 Å². The zero-order valence-corrected chi connectivity index (χ0v) is 10.5. The summed E-state index contributed by atoms with van der Waals surface area (Å²) in [6, 6.07) is 5.71. The van der Waals surface area contributed by atoms with Crippen LogP contribution in [0.4, 0.5) is 0 Å². The van der Waals surface area contributed by atoms with Gasteiger partial charge in [0.25, 0.3) is 0 Å². The number of ether oxygens (including phenoxy) is 1. The lowest BCUT2D eigenvalue weighted by Crippen LogP contribution is -2.04. The summed E-state index contributed by atoms with van der Waals surface area (Å²) >= 11 is 0. The maximum Gasteiger partial charge on any atom is 0.166 e. The van der Waals surface area contributed by atoms with E-state index in [1.54, 1.807) is 7.11 Å². The van der Waals surface area contributed by atoms with E-state index in [4.69, 9.17) is 4.74 Å². The molecule has 1 aromatic rings. The van der Waals surface area contributed by atoms with Crippen molar-refractivity contribution in [3.63, 3.8) is 0 Å². The molecule has 0 unspecified atom stereocenters. The van der Waals surface area contributed by atoms with Gasteiger partial charge in [0.2, 0.25) is 0 Å². The molecule has 0 aliphatic carbocycles. The number of benzene rings is 1. The predicted molar refractivity (Wildman–Crippen MR) is 66.1 cm³/mol. The maximum absolute atomic E-state index is 12.0. The Morgan fingerprint density at radius 3 is 2.62 bits per heavy atom. The molecule has 0 atom stereocenters. The van der Waals surface area contributed by atoms with E-state index in [-0.39, 0.29) is 5.78 Å². The maximum atomic E-state index is 12.0. The number of carbonyl (C=O) groups excluding carboxylic acids is 1. The third-order valence-corrected chi connectivity index (χ3v) is 2.61. The van der Waals surface area contributed by atoms with Crippen LogP contribution in [0.5, 0.6) is 5.75 Å². The quantitative estimate of drug-likeness (QED) is 0.708. The second-order valence-electron chi connectivity index (χ2n) is 4.56. The van der Waals surface area contributed by atoms with Gasteiger partial charge in [-0.1, -0.05) is 19.9 Å². The van der Waals surface area contributed by atoms with Crippen molar-refractivity contribution in [2.24, 2.45) is 5.92 Å². The van der Waals surface area contributed by atoms with Gasteiger partial charge in [-0.15, -0.1) is 0 Å². The molecule has 0 saturated carbocycles. The molecule has 88 valence electrons. The molecule has 0 saturated heterocycles. The summed E-state index contributed by atoms with van der Waals surface area (Å²) in [5.74, 6) is 1.42. The van der Waals surface area contributed by atoms with Gasteiger partial charge in [0.05, 0.1) is 12.7 Å². The van der Waals surface area contributed by atoms with E-state index in [9.17, 15) is 4.79 Å². The average Bonchev–Trinajstić information content (AvgIpc) is 2.25. The summed E-state index contributed by atoms with van der Waals surface area (Å²) in [7, 11) is 1.61. The standard InChI is InChI=1S/C14H20O2/c1-10(2)5-8-13(15)12-7-6-11(3)9-14(12)16-4/h6-7,9-10H,5,8H2,1-4H3.